The Labute approximate surface area is 125 Å². The highest BCUT2D eigenvalue weighted by atomic mass is 32.2. The van der Waals surface area contributed by atoms with Gasteiger partial charge in [0, 0.05) is 18.4 Å². The summed E-state index contributed by atoms with van der Waals surface area (Å²) in [6, 6.07) is 6.10. The van der Waals surface area contributed by atoms with Gasteiger partial charge in [0.1, 0.15) is 0 Å². The zero-order valence-corrected chi connectivity index (χ0v) is 13.4. The smallest absolute Gasteiger partial charge is 0.244 e. The first kappa shape index (κ1) is 16.8. The Kier molecular flexibility index (Phi) is 6.30. The third-order valence-corrected chi connectivity index (χ3v) is 3.85. The minimum atomic E-state index is -0.872. The summed E-state index contributed by atoms with van der Waals surface area (Å²) in [4.78, 5) is 11.7. The third kappa shape index (κ3) is 5.80. The molecule has 0 radical (unpaired) electrons. The van der Waals surface area contributed by atoms with Crippen molar-refractivity contribution in [3.63, 3.8) is 0 Å². The highest BCUT2D eigenvalue weighted by Gasteiger charge is 2.19. The van der Waals surface area contributed by atoms with Crippen LogP contribution in [0.3, 0.4) is 0 Å². The Morgan fingerprint density at radius 1 is 1.45 bits per heavy atom. The van der Waals surface area contributed by atoms with E-state index < -0.39 is 5.60 Å². The van der Waals surface area contributed by atoms with Crippen molar-refractivity contribution in [3.05, 3.63) is 41.0 Å². The van der Waals surface area contributed by atoms with E-state index >= 15 is 0 Å². The molecule has 1 amide bonds. The van der Waals surface area contributed by atoms with E-state index in [4.69, 9.17) is 0 Å². The van der Waals surface area contributed by atoms with Crippen molar-refractivity contribution in [2.45, 2.75) is 26.4 Å². The second-order valence-electron chi connectivity index (χ2n) is 5.34. The van der Waals surface area contributed by atoms with Crippen molar-refractivity contribution >= 4 is 23.7 Å². The SMILES string of the molecule is CSCC(C)(O)CNC(=O)C=Cc1ccc(C)cc1C. The fraction of sp³-hybridized carbons (Fsp3) is 0.438. The lowest BCUT2D eigenvalue weighted by Crippen LogP contribution is -2.41. The fourth-order valence-corrected chi connectivity index (χ4v) is 2.60. The van der Waals surface area contributed by atoms with Gasteiger partial charge in [0.15, 0.2) is 0 Å². The largest absolute Gasteiger partial charge is 0.387 e. The molecule has 0 bridgehead atoms. The molecule has 2 N–H and O–H groups in total. The quantitative estimate of drug-likeness (QED) is 0.793. The Hall–Kier alpha value is -1.26. The van der Waals surface area contributed by atoms with Crippen LogP contribution in [0, 0.1) is 13.8 Å². The molecule has 110 valence electrons. The first-order chi connectivity index (χ1) is 9.34. The lowest BCUT2D eigenvalue weighted by atomic mass is 10.1. The first-order valence-electron chi connectivity index (χ1n) is 6.58. The molecule has 1 aromatic rings. The van der Waals surface area contributed by atoms with Gasteiger partial charge in [-0.1, -0.05) is 23.8 Å². The van der Waals surface area contributed by atoms with Crippen molar-refractivity contribution in [1.29, 1.82) is 0 Å². The highest BCUT2D eigenvalue weighted by Crippen LogP contribution is 2.12. The van der Waals surface area contributed by atoms with Gasteiger partial charge in [0.2, 0.25) is 5.91 Å². The van der Waals surface area contributed by atoms with E-state index in [1.807, 2.05) is 32.2 Å². The van der Waals surface area contributed by atoms with Crippen molar-refractivity contribution in [2.75, 3.05) is 18.6 Å². The van der Waals surface area contributed by atoms with E-state index in [1.165, 1.54) is 11.6 Å². The molecule has 1 rings (SSSR count). The third-order valence-electron chi connectivity index (χ3n) is 2.94. The van der Waals surface area contributed by atoms with Crippen LogP contribution in [0.5, 0.6) is 0 Å². The van der Waals surface area contributed by atoms with Gasteiger partial charge in [-0.25, -0.2) is 0 Å². The fourth-order valence-electron chi connectivity index (χ4n) is 1.88. The molecule has 1 aromatic carbocycles. The van der Waals surface area contributed by atoms with Crippen molar-refractivity contribution < 1.29 is 9.90 Å². The number of rotatable bonds is 6. The molecule has 0 aliphatic rings. The molecule has 0 aliphatic carbocycles. The summed E-state index contributed by atoms with van der Waals surface area (Å²) in [6.07, 6.45) is 5.23. The number of carbonyl (C=O) groups is 1. The summed E-state index contributed by atoms with van der Waals surface area (Å²) in [6.45, 7) is 6.04. The average Bonchev–Trinajstić information content (AvgIpc) is 2.35. The molecule has 1 atom stereocenters. The monoisotopic (exact) mass is 293 g/mol. The van der Waals surface area contributed by atoms with Gasteiger partial charge >= 0.3 is 0 Å². The molecule has 0 fully saturated rings. The van der Waals surface area contributed by atoms with Crippen molar-refractivity contribution in [2.24, 2.45) is 0 Å². The zero-order valence-electron chi connectivity index (χ0n) is 12.6. The second-order valence-corrected chi connectivity index (χ2v) is 6.21. The molecular weight excluding hydrogens is 270 g/mol. The van der Waals surface area contributed by atoms with Crippen LogP contribution in [0.2, 0.25) is 0 Å². The Bertz CT molecular complexity index is 495. The van der Waals surface area contributed by atoms with Crippen LogP contribution in [-0.4, -0.2) is 35.2 Å². The molecule has 1 unspecified atom stereocenters. The number of thioether (sulfide) groups is 1. The predicted molar refractivity (Wildman–Crippen MR) is 87.0 cm³/mol. The number of amides is 1. The lowest BCUT2D eigenvalue weighted by molar-refractivity contribution is -0.117. The maximum Gasteiger partial charge on any atom is 0.244 e. The van der Waals surface area contributed by atoms with Gasteiger partial charge in [-0.05, 0) is 44.2 Å². The van der Waals surface area contributed by atoms with E-state index in [-0.39, 0.29) is 12.5 Å². The second kappa shape index (κ2) is 7.50. The summed E-state index contributed by atoms with van der Waals surface area (Å²) < 4.78 is 0. The van der Waals surface area contributed by atoms with E-state index in [0.29, 0.717) is 5.75 Å². The van der Waals surface area contributed by atoms with E-state index in [2.05, 4.69) is 11.4 Å². The van der Waals surface area contributed by atoms with Gasteiger partial charge < -0.3 is 10.4 Å². The normalized spacial score (nSPS) is 14.2. The molecule has 4 heteroatoms. The molecule has 0 saturated heterocycles. The number of hydrogen-bond donors (Lipinski definition) is 2. The van der Waals surface area contributed by atoms with E-state index in [0.717, 1.165) is 11.1 Å². The zero-order chi connectivity index (χ0) is 15.2. The summed E-state index contributed by atoms with van der Waals surface area (Å²) in [5, 5.41) is 12.7. The highest BCUT2D eigenvalue weighted by molar-refractivity contribution is 7.98. The van der Waals surface area contributed by atoms with Gasteiger partial charge in [0.05, 0.1) is 5.60 Å². The number of aliphatic hydroxyl groups is 1. The number of aryl methyl sites for hydroxylation is 2. The van der Waals surface area contributed by atoms with E-state index in [9.17, 15) is 9.90 Å². The standard InChI is InChI=1S/C16H23NO2S/c1-12-5-6-14(13(2)9-12)7-8-15(18)17-10-16(3,19)11-20-4/h5-9,19H,10-11H2,1-4H3,(H,17,18). The van der Waals surface area contributed by atoms with Crippen molar-refractivity contribution in [1.82, 2.24) is 5.32 Å². The molecule has 20 heavy (non-hydrogen) atoms. The van der Waals surface area contributed by atoms with Crippen LogP contribution >= 0.6 is 11.8 Å². The molecule has 0 heterocycles. The Morgan fingerprint density at radius 3 is 2.75 bits per heavy atom. The van der Waals surface area contributed by atoms with Gasteiger partial charge in [-0.15, -0.1) is 0 Å². The minimum absolute atomic E-state index is 0.189. The summed E-state index contributed by atoms with van der Waals surface area (Å²) in [7, 11) is 0. The average molecular weight is 293 g/mol. The van der Waals surface area contributed by atoms with Crippen LogP contribution in [0.1, 0.15) is 23.6 Å². The van der Waals surface area contributed by atoms with Crippen LogP contribution in [-0.2, 0) is 4.79 Å². The Balaban J connectivity index is 2.56. The maximum absolute atomic E-state index is 11.7. The molecule has 0 aromatic heterocycles. The van der Waals surface area contributed by atoms with Crippen LogP contribution in [0.4, 0.5) is 0 Å². The van der Waals surface area contributed by atoms with Gasteiger partial charge in [0.25, 0.3) is 0 Å². The van der Waals surface area contributed by atoms with Crippen LogP contribution in [0.25, 0.3) is 6.08 Å². The molecule has 0 spiro atoms. The molecular formula is C16H23NO2S. The predicted octanol–water partition coefficient (Wildman–Crippen LogP) is 2.55. The summed E-state index contributed by atoms with van der Waals surface area (Å²) in [5.41, 5.74) is 2.50. The lowest BCUT2D eigenvalue weighted by Gasteiger charge is -2.21. The topological polar surface area (TPSA) is 49.3 Å². The Morgan fingerprint density at radius 2 is 2.15 bits per heavy atom. The summed E-state index contributed by atoms with van der Waals surface area (Å²) in [5.74, 6) is 0.403. The van der Waals surface area contributed by atoms with Gasteiger partial charge in [-0.2, -0.15) is 11.8 Å². The molecule has 3 nitrogen and oxygen atoms in total. The number of carbonyl (C=O) groups excluding carboxylic acids is 1. The summed E-state index contributed by atoms with van der Waals surface area (Å²) >= 11 is 1.55. The number of benzene rings is 1. The minimum Gasteiger partial charge on any atom is -0.387 e. The van der Waals surface area contributed by atoms with Crippen molar-refractivity contribution in [3.8, 4) is 0 Å². The van der Waals surface area contributed by atoms with Gasteiger partial charge in [-0.3, -0.25) is 4.79 Å². The first-order valence-corrected chi connectivity index (χ1v) is 7.98. The molecule has 0 saturated carbocycles. The van der Waals surface area contributed by atoms with Crippen LogP contribution < -0.4 is 5.32 Å². The van der Waals surface area contributed by atoms with Crippen LogP contribution in [0.15, 0.2) is 24.3 Å². The molecule has 0 aliphatic heterocycles. The number of hydrogen-bond acceptors (Lipinski definition) is 3. The maximum atomic E-state index is 11.7. The number of nitrogens with one attached hydrogen (secondary N) is 1. The van der Waals surface area contributed by atoms with E-state index in [1.54, 1.807) is 24.8 Å².